The van der Waals surface area contributed by atoms with Crippen molar-refractivity contribution in [1.29, 1.82) is 0 Å². The Balaban J connectivity index is 1.68. The summed E-state index contributed by atoms with van der Waals surface area (Å²) in [5, 5.41) is 12.3. The largest absolute Gasteiger partial charge is 0.358 e. The Morgan fingerprint density at radius 3 is 2.41 bits per heavy atom. The van der Waals surface area contributed by atoms with Gasteiger partial charge in [-0.2, -0.15) is 8.42 Å². The second kappa shape index (κ2) is 7.84. The van der Waals surface area contributed by atoms with Gasteiger partial charge >= 0.3 is 10.1 Å². The van der Waals surface area contributed by atoms with Crippen LogP contribution in [0.15, 0.2) is 88.9 Å². The van der Waals surface area contributed by atoms with Crippen LogP contribution in [0.3, 0.4) is 0 Å². The third-order valence-corrected chi connectivity index (χ3v) is 5.50. The van der Waals surface area contributed by atoms with Crippen molar-refractivity contribution in [2.24, 2.45) is 5.16 Å². The van der Waals surface area contributed by atoms with Crippen LogP contribution < -0.4 is 0 Å². The van der Waals surface area contributed by atoms with E-state index in [0.717, 1.165) is 22.2 Å². The van der Waals surface area contributed by atoms with E-state index in [1.165, 1.54) is 12.1 Å². The SMILES string of the molecule is Cc1ccc(S(=O)(=O)ON=C(Cn2nnc3ccccc32)c2ccccc2)cc1. The van der Waals surface area contributed by atoms with Gasteiger partial charge in [-0.1, -0.05) is 70.5 Å². The molecule has 0 aliphatic heterocycles. The molecule has 0 spiro atoms. The van der Waals surface area contributed by atoms with Crippen molar-refractivity contribution in [2.45, 2.75) is 18.4 Å². The number of aromatic nitrogens is 3. The third-order valence-electron chi connectivity index (χ3n) is 4.38. The Kier molecular flexibility index (Phi) is 5.09. The van der Waals surface area contributed by atoms with E-state index in [4.69, 9.17) is 4.28 Å². The topological polar surface area (TPSA) is 86.4 Å². The Labute approximate surface area is 168 Å². The van der Waals surface area contributed by atoms with Gasteiger partial charge in [0.2, 0.25) is 0 Å². The minimum atomic E-state index is -4.03. The fraction of sp³-hybridized carbons (Fsp3) is 0.0952. The molecular weight excluding hydrogens is 388 g/mol. The molecule has 7 nitrogen and oxygen atoms in total. The van der Waals surface area contributed by atoms with Gasteiger partial charge in [0.25, 0.3) is 0 Å². The molecule has 0 amide bonds. The van der Waals surface area contributed by atoms with Crippen LogP contribution in [0.2, 0.25) is 0 Å². The number of hydrogen-bond donors (Lipinski definition) is 0. The van der Waals surface area contributed by atoms with Crippen LogP contribution in [-0.2, 0) is 20.9 Å². The lowest BCUT2D eigenvalue weighted by atomic mass is 10.1. The first kappa shape index (κ1) is 18.8. The lowest BCUT2D eigenvalue weighted by molar-refractivity contribution is 0.337. The zero-order chi connectivity index (χ0) is 20.3. The van der Waals surface area contributed by atoms with Gasteiger partial charge in [0, 0.05) is 5.56 Å². The highest BCUT2D eigenvalue weighted by molar-refractivity contribution is 7.86. The predicted molar refractivity (Wildman–Crippen MR) is 110 cm³/mol. The van der Waals surface area contributed by atoms with Crippen molar-refractivity contribution in [3.63, 3.8) is 0 Å². The molecule has 1 aromatic heterocycles. The maximum atomic E-state index is 12.5. The van der Waals surface area contributed by atoms with E-state index in [0.29, 0.717) is 5.71 Å². The van der Waals surface area contributed by atoms with E-state index < -0.39 is 10.1 Å². The highest BCUT2D eigenvalue weighted by atomic mass is 32.2. The number of rotatable bonds is 6. The molecule has 0 radical (unpaired) electrons. The Hall–Kier alpha value is -3.52. The van der Waals surface area contributed by atoms with Gasteiger partial charge in [-0.3, -0.25) is 4.28 Å². The molecule has 29 heavy (non-hydrogen) atoms. The van der Waals surface area contributed by atoms with Crippen LogP contribution in [-0.4, -0.2) is 29.1 Å². The van der Waals surface area contributed by atoms with Crippen LogP contribution in [0.1, 0.15) is 11.1 Å². The summed E-state index contributed by atoms with van der Waals surface area (Å²) in [6.07, 6.45) is 0. The molecule has 1 heterocycles. The van der Waals surface area contributed by atoms with Crippen LogP contribution in [0.25, 0.3) is 11.0 Å². The van der Waals surface area contributed by atoms with E-state index in [9.17, 15) is 8.42 Å². The lowest BCUT2D eigenvalue weighted by Crippen LogP contribution is -2.15. The van der Waals surface area contributed by atoms with Gasteiger partial charge in [0.05, 0.1) is 12.1 Å². The lowest BCUT2D eigenvalue weighted by Gasteiger charge is -2.08. The molecule has 0 saturated carbocycles. The minimum Gasteiger partial charge on any atom is -0.264 e. The normalized spacial score (nSPS) is 12.2. The molecule has 0 aliphatic carbocycles. The molecule has 0 N–H and O–H groups in total. The maximum absolute atomic E-state index is 12.5. The molecule has 3 aromatic carbocycles. The molecular formula is C21H18N4O3S. The Bertz CT molecular complexity index is 1260. The predicted octanol–water partition coefficient (Wildman–Crippen LogP) is 3.55. The second-order valence-corrected chi connectivity index (χ2v) is 8.01. The number of para-hydroxylation sites is 1. The minimum absolute atomic E-state index is 0.0467. The van der Waals surface area contributed by atoms with Crippen molar-refractivity contribution >= 4 is 26.9 Å². The first-order valence-corrected chi connectivity index (χ1v) is 10.3. The molecule has 0 aliphatic rings. The molecule has 4 aromatic rings. The summed E-state index contributed by atoms with van der Waals surface area (Å²) in [6.45, 7) is 2.08. The molecule has 0 fully saturated rings. The van der Waals surface area contributed by atoms with Gasteiger partial charge in [0.1, 0.15) is 16.1 Å². The van der Waals surface area contributed by atoms with Crippen LogP contribution in [0.5, 0.6) is 0 Å². The highest BCUT2D eigenvalue weighted by Gasteiger charge is 2.17. The summed E-state index contributed by atoms with van der Waals surface area (Å²) in [6, 6.07) is 23.1. The molecule has 0 bridgehead atoms. The van der Waals surface area contributed by atoms with Gasteiger partial charge in [-0.15, -0.1) is 5.10 Å². The number of benzene rings is 3. The average Bonchev–Trinajstić information content (AvgIpc) is 3.15. The van der Waals surface area contributed by atoms with Gasteiger partial charge in [-0.05, 0) is 31.2 Å². The van der Waals surface area contributed by atoms with Gasteiger partial charge in [0.15, 0.2) is 0 Å². The monoisotopic (exact) mass is 406 g/mol. The standard InChI is InChI=1S/C21H18N4O3S/c1-16-11-13-18(14-12-16)29(26,27)28-23-20(17-7-3-2-4-8-17)15-25-21-10-6-5-9-19(21)22-24-25/h2-14H,15H2,1H3. The summed E-state index contributed by atoms with van der Waals surface area (Å²) in [4.78, 5) is 0.0467. The van der Waals surface area contributed by atoms with Crippen molar-refractivity contribution in [2.75, 3.05) is 0 Å². The smallest absolute Gasteiger partial charge is 0.264 e. The van der Waals surface area contributed by atoms with Crippen molar-refractivity contribution < 1.29 is 12.7 Å². The summed E-state index contributed by atoms with van der Waals surface area (Å²) in [7, 11) is -4.03. The average molecular weight is 406 g/mol. The molecule has 146 valence electrons. The maximum Gasteiger partial charge on any atom is 0.358 e. The van der Waals surface area contributed by atoms with Crippen LogP contribution in [0.4, 0.5) is 0 Å². The number of oxime groups is 1. The van der Waals surface area contributed by atoms with Crippen molar-refractivity contribution in [1.82, 2.24) is 15.0 Å². The Morgan fingerprint density at radius 1 is 0.966 bits per heavy atom. The number of aryl methyl sites for hydroxylation is 1. The molecule has 4 rings (SSSR count). The van der Waals surface area contributed by atoms with E-state index >= 15 is 0 Å². The fourth-order valence-electron chi connectivity index (χ4n) is 2.82. The third kappa shape index (κ3) is 4.17. The van der Waals surface area contributed by atoms with E-state index in [2.05, 4.69) is 15.5 Å². The number of hydrogen-bond acceptors (Lipinski definition) is 6. The highest BCUT2D eigenvalue weighted by Crippen LogP contribution is 2.16. The molecule has 0 saturated heterocycles. The zero-order valence-corrected chi connectivity index (χ0v) is 16.5. The quantitative estimate of drug-likeness (QED) is 0.361. The summed E-state index contributed by atoms with van der Waals surface area (Å²) >= 11 is 0. The molecule has 0 atom stereocenters. The fourth-order valence-corrected chi connectivity index (χ4v) is 3.56. The van der Waals surface area contributed by atoms with E-state index in [1.807, 2.05) is 61.5 Å². The zero-order valence-electron chi connectivity index (χ0n) is 15.6. The summed E-state index contributed by atoms with van der Waals surface area (Å²) < 4.78 is 31.7. The number of fused-ring (bicyclic) bond motifs is 1. The Morgan fingerprint density at radius 2 is 1.66 bits per heavy atom. The first-order valence-electron chi connectivity index (χ1n) is 8.94. The van der Waals surface area contributed by atoms with Crippen LogP contribution >= 0.6 is 0 Å². The first-order chi connectivity index (χ1) is 14.0. The summed E-state index contributed by atoms with van der Waals surface area (Å²) in [5.74, 6) is 0. The van der Waals surface area contributed by atoms with Crippen molar-refractivity contribution in [3.05, 3.63) is 90.0 Å². The number of nitrogens with zero attached hydrogens (tertiary/aromatic N) is 4. The van der Waals surface area contributed by atoms with E-state index in [1.54, 1.807) is 16.8 Å². The van der Waals surface area contributed by atoms with Crippen LogP contribution in [0, 0.1) is 6.92 Å². The van der Waals surface area contributed by atoms with Gasteiger partial charge < -0.3 is 0 Å². The van der Waals surface area contributed by atoms with E-state index in [-0.39, 0.29) is 11.4 Å². The van der Waals surface area contributed by atoms with Gasteiger partial charge in [-0.25, -0.2) is 4.68 Å². The molecule has 8 heteroatoms. The van der Waals surface area contributed by atoms with Crippen molar-refractivity contribution in [3.8, 4) is 0 Å². The molecule has 0 unspecified atom stereocenters. The summed E-state index contributed by atoms with van der Waals surface area (Å²) in [5.41, 5.74) is 3.66. The second-order valence-electron chi connectivity index (χ2n) is 6.48.